The van der Waals surface area contributed by atoms with Crippen molar-refractivity contribution >= 4 is 26.0 Å². The molecule has 0 radical (unpaired) electrons. The lowest BCUT2D eigenvalue weighted by Gasteiger charge is -2.31. The van der Waals surface area contributed by atoms with Gasteiger partial charge in [-0.3, -0.25) is 0 Å². The van der Waals surface area contributed by atoms with E-state index in [4.69, 9.17) is 4.74 Å². The fourth-order valence-electron chi connectivity index (χ4n) is 2.29. The van der Waals surface area contributed by atoms with Crippen molar-refractivity contribution in [3.8, 4) is 0 Å². The van der Waals surface area contributed by atoms with E-state index in [1.807, 2.05) is 13.0 Å². The zero-order valence-corrected chi connectivity index (χ0v) is 13.3. The second kappa shape index (κ2) is 6.35. The van der Waals surface area contributed by atoms with Crippen molar-refractivity contribution in [1.82, 2.24) is 4.31 Å². The molecule has 0 aliphatic carbocycles. The smallest absolute Gasteiger partial charge is 0.244 e. The zero-order chi connectivity index (χ0) is 13.9. The number of benzene rings is 1. The maximum atomic E-state index is 12.6. The maximum Gasteiger partial charge on any atom is 0.244 e. The van der Waals surface area contributed by atoms with Gasteiger partial charge in [0, 0.05) is 24.2 Å². The summed E-state index contributed by atoms with van der Waals surface area (Å²) in [6.07, 6.45) is 1.78. The van der Waals surface area contributed by atoms with Gasteiger partial charge in [0.25, 0.3) is 0 Å². The Morgan fingerprint density at radius 3 is 2.84 bits per heavy atom. The summed E-state index contributed by atoms with van der Waals surface area (Å²) in [6, 6.07) is 6.92. The van der Waals surface area contributed by atoms with E-state index in [2.05, 4.69) is 15.9 Å². The van der Waals surface area contributed by atoms with E-state index in [0.29, 0.717) is 29.1 Å². The van der Waals surface area contributed by atoms with E-state index in [-0.39, 0.29) is 6.10 Å². The third-order valence-corrected chi connectivity index (χ3v) is 6.07. The van der Waals surface area contributed by atoms with Gasteiger partial charge in [0.15, 0.2) is 0 Å². The van der Waals surface area contributed by atoms with Crippen LogP contribution in [0.15, 0.2) is 33.6 Å². The van der Waals surface area contributed by atoms with E-state index in [1.165, 1.54) is 4.31 Å². The lowest BCUT2D eigenvalue weighted by Crippen LogP contribution is -2.43. The summed E-state index contributed by atoms with van der Waals surface area (Å²) in [7, 11) is -3.44. The number of hydrogen-bond acceptors (Lipinski definition) is 3. The number of rotatable bonds is 4. The molecule has 1 heterocycles. The highest BCUT2D eigenvalue weighted by Crippen LogP contribution is 2.27. The normalized spacial score (nSPS) is 21.5. The summed E-state index contributed by atoms with van der Waals surface area (Å²) in [4.78, 5) is 0.326. The van der Waals surface area contributed by atoms with Crippen molar-refractivity contribution in [3.05, 3.63) is 28.7 Å². The Labute approximate surface area is 122 Å². The van der Waals surface area contributed by atoms with Crippen molar-refractivity contribution in [2.75, 3.05) is 19.7 Å². The van der Waals surface area contributed by atoms with Gasteiger partial charge in [-0.15, -0.1) is 0 Å². The first-order chi connectivity index (χ1) is 9.05. The highest BCUT2D eigenvalue weighted by atomic mass is 79.9. The van der Waals surface area contributed by atoms with Crippen LogP contribution in [0.2, 0.25) is 0 Å². The third kappa shape index (κ3) is 3.37. The molecule has 0 saturated carbocycles. The van der Waals surface area contributed by atoms with Crippen molar-refractivity contribution in [2.24, 2.45) is 0 Å². The predicted octanol–water partition coefficient (Wildman–Crippen LogP) is 2.64. The Balaban J connectivity index is 2.22. The van der Waals surface area contributed by atoms with Gasteiger partial charge in [-0.2, -0.15) is 4.31 Å². The number of halogens is 1. The molecule has 0 spiro atoms. The number of ether oxygens (including phenoxy) is 1. The Morgan fingerprint density at radius 1 is 1.42 bits per heavy atom. The monoisotopic (exact) mass is 347 g/mol. The van der Waals surface area contributed by atoms with E-state index >= 15 is 0 Å². The van der Waals surface area contributed by atoms with Gasteiger partial charge in [0.05, 0.1) is 11.0 Å². The van der Waals surface area contributed by atoms with E-state index in [1.54, 1.807) is 18.2 Å². The minimum atomic E-state index is -3.44. The van der Waals surface area contributed by atoms with Gasteiger partial charge >= 0.3 is 0 Å². The molecular weight excluding hydrogens is 330 g/mol. The van der Waals surface area contributed by atoms with Crippen LogP contribution in [-0.2, 0) is 14.8 Å². The highest BCUT2D eigenvalue weighted by molar-refractivity contribution is 9.10. The minimum Gasteiger partial charge on any atom is -0.377 e. The van der Waals surface area contributed by atoms with Crippen LogP contribution in [0.4, 0.5) is 0 Å². The molecular formula is C13H18BrNO3S. The maximum absolute atomic E-state index is 12.6. The summed E-state index contributed by atoms with van der Waals surface area (Å²) >= 11 is 3.31. The molecule has 0 aromatic heterocycles. The topological polar surface area (TPSA) is 46.6 Å². The molecule has 19 heavy (non-hydrogen) atoms. The Kier molecular flexibility index (Phi) is 5.00. The molecule has 1 aromatic rings. The van der Waals surface area contributed by atoms with Gasteiger partial charge < -0.3 is 4.74 Å². The van der Waals surface area contributed by atoms with Crippen LogP contribution in [0, 0.1) is 0 Å². The third-order valence-electron chi connectivity index (χ3n) is 3.20. The number of sulfonamides is 1. The summed E-state index contributed by atoms with van der Waals surface area (Å²) in [5.41, 5.74) is 0. The Hall–Kier alpha value is -0.430. The van der Waals surface area contributed by atoms with Crippen molar-refractivity contribution in [1.29, 1.82) is 0 Å². The van der Waals surface area contributed by atoms with Gasteiger partial charge in [0.1, 0.15) is 0 Å². The first-order valence-corrected chi connectivity index (χ1v) is 8.65. The van der Waals surface area contributed by atoms with Crippen LogP contribution in [0.1, 0.15) is 19.8 Å². The van der Waals surface area contributed by atoms with Crippen LogP contribution in [0.5, 0.6) is 0 Å². The molecule has 1 aliphatic heterocycles. The lowest BCUT2D eigenvalue weighted by atomic mass is 10.1. The summed E-state index contributed by atoms with van der Waals surface area (Å²) in [5, 5.41) is 0. The van der Waals surface area contributed by atoms with E-state index < -0.39 is 10.0 Å². The Bertz CT molecular complexity index is 530. The molecule has 4 nitrogen and oxygen atoms in total. The summed E-state index contributed by atoms with van der Waals surface area (Å²) in [6.45, 7) is 3.56. The Morgan fingerprint density at radius 2 is 2.16 bits per heavy atom. The van der Waals surface area contributed by atoms with Crippen molar-refractivity contribution in [3.63, 3.8) is 0 Å². The molecule has 0 N–H and O–H groups in total. The molecule has 1 aromatic carbocycles. The number of nitrogens with zero attached hydrogens (tertiary/aromatic N) is 1. The zero-order valence-electron chi connectivity index (χ0n) is 10.9. The standard InChI is InChI=1S/C13H18BrNO3S/c1-2-18-11-6-5-9-15(10-11)19(16,17)13-8-4-3-7-12(13)14/h3-4,7-8,11H,2,5-6,9-10H2,1H3. The molecule has 1 aliphatic rings. The summed E-state index contributed by atoms with van der Waals surface area (Å²) < 4.78 is 32.9. The largest absolute Gasteiger partial charge is 0.377 e. The molecule has 2 rings (SSSR count). The molecule has 0 bridgehead atoms. The van der Waals surface area contributed by atoms with Crippen LogP contribution in [-0.4, -0.2) is 38.5 Å². The van der Waals surface area contributed by atoms with Crippen LogP contribution in [0.3, 0.4) is 0 Å². The molecule has 106 valence electrons. The lowest BCUT2D eigenvalue weighted by molar-refractivity contribution is 0.0265. The van der Waals surface area contributed by atoms with Gasteiger partial charge in [-0.25, -0.2) is 8.42 Å². The SMILES string of the molecule is CCOC1CCCN(S(=O)(=O)c2ccccc2Br)C1. The number of piperidine rings is 1. The molecule has 1 unspecified atom stereocenters. The average Bonchev–Trinajstić information content (AvgIpc) is 2.40. The minimum absolute atomic E-state index is 0.0102. The fraction of sp³-hybridized carbons (Fsp3) is 0.538. The molecule has 0 amide bonds. The first-order valence-electron chi connectivity index (χ1n) is 6.42. The quantitative estimate of drug-likeness (QED) is 0.840. The fourth-order valence-corrected chi connectivity index (χ4v) is 4.76. The second-order valence-corrected chi connectivity index (χ2v) is 7.27. The van der Waals surface area contributed by atoms with Crippen LogP contribution >= 0.6 is 15.9 Å². The van der Waals surface area contributed by atoms with Crippen molar-refractivity contribution < 1.29 is 13.2 Å². The van der Waals surface area contributed by atoms with Gasteiger partial charge in [-0.05, 0) is 47.8 Å². The summed E-state index contributed by atoms with van der Waals surface area (Å²) in [5.74, 6) is 0. The van der Waals surface area contributed by atoms with E-state index in [9.17, 15) is 8.42 Å². The van der Waals surface area contributed by atoms with Gasteiger partial charge in [0.2, 0.25) is 10.0 Å². The number of hydrogen-bond donors (Lipinski definition) is 0. The van der Waals surface area contributed by atoms with Crippen molar-refractivity contribution in [2.45, 2.75) is 30.8 Å². The van der Waals surface area contributed by atoms with E-state index in [0.717, 1.165) is 12.8 Å². The highest BCUT2D eigenvalue weighted by Gasteiger charge is 2.31. The van der Waals surface area contributed by atoms with Crippen LogP contribution < -0.4 is 0 Å². The average molecular weight is 348 g/mol. The van der Waals surface area contributed by atoms with Crippen LogP contribution in [0.25, 0.3) is 0 Å². The van der Waals surface area contributed by atoms with Gasteiger partial charge in [-0.1, -0.05) is 12.1 Å². The second-order valence-electron chi connectivity index (χ2n) is 4.51. The molecule has 6 heteroatoms. The molecule has 1 atom stereocenters. The first kappa shape index (κ1) is 15.0. The molecule has 1 saturated heterocycles. The molecule has 1 fully saturated rings. The predicted molar refractivity (Wildman–Crippen MR) is 77.5 cm³/mol.